The minimum atomic E-state index is -3.48. The number of amidine groups is 1. The summed E-state index contributed by atoms with van der Waals surface area (Å²) in [4.78, 5) is 5.17. The van der Waals surface area contributed by atoms with Gasteiger partial charge in [0.25, 0.3) is 0 Å². The molecule has 0 atom stereocenters. The van der Waals surface area contributed by atoms with Crippen LogP contribution >= 0.6 is 0 Å². The molecule has 0 saturated carbocycles. The van der Waals surface area contributed by atoms with Gasteiger partial charge in [-0.2, -0.15) is 4.31 Å². The Hall–Kier alpha value is -2.22. The Kier molecular flexibility index (Phi) is 6.46. The number of nitrogens with zero attached hydrogens (tertiary/aromatic N) is 2. The van der Waals surface area contributed by atoms with E-state index in [1.54, 1.807) is 16.4 Å². The van der Waals surface area contributed by atoms with Crippen molar-refractivity contribution in [3.63, 3.8) is 0 Å². The van der Waals surface area contributed by atoms with E-state index in [2.05, 4.69) is 42.7 Å². The molecule has 0 radical (unpaired) electrons. The fourth-order valence-corrected chi connectivity index (χ4v) is 5.92. The number of hydrogen-bond donors (Lipinski definition) is 2. The molecular weight excluding hydrogens is 408 g/mol. The summed E-state index contributed by atoms with van der Waals surface area (Å²) in [7, 11) is -3.48. The number of nitrogens with one attached hydrogen (secondary N) is 2. The molecule has 31 heavy (non-hydrogen) atoms. The zero-order valence-electron chi connectivity index (χ0n) is 18.4. The molecule has 2 aromatic rings. The number of aryl methyl sites for hydroxylation is 2. The molecule has 0 bridgehead atoms. The lowest BCUT2D eigenvalue weighted by Gasteiger charge is -2.44. The van der Waals surface area contributed by atoms with Gasteiger partial charge in [0.1, 0.15) is 5.84 Å². The van der Waals surface area contributed by atoms with Crippen LogP contribution in [0.1, 0.15) is 36.5 Å². The van der Waals surface area contributed by atoms with Gasteiger partial charge in [-0.3, -0.25) is 4.99 Å². The van der Waals surface area contributed by atoms with Crippen LogP contribution in [0.15, 0.2) is 58.4 Å². The normalized spacial score (nSPS) is 19.2. The van der Waals surface area contributed by atoms with Gasteiger partial charge in [-0.25, -0.2) is 8.42 Å². The van der Waals surface area contributed by atoms with Gasteiger partial charge in [0.2, 0.25) is 10.0 Å². The van der Waals surface area contributed by atoms with E-state index in [0.29, 0.717) is 30.8 Å². The van der Waals surface area contributed by atoms with E-state index in [-0.39, 0.29) is 5.54 Å². The Balaban J connectivity index is 1.45. The van der Waals surface area contributed by atoms with Crippen molar-refractivity contribution in [3.05, 3.63) is 65.2 Å². The molecule has 2 heterocycles. The van der Waals surface area contributed by atoms with Gasteiger partial charge in [0, 0.05) is 26.2 Å². The van der Waals surface area contributed by atoms with E-state index in [1.165, 1.54) is 11.1 Å². The molecule has 0 aromatic heterocycles. The lowest BCUT2D eigenvalue weighted by molar-refractivity contribution is 0.241. The van der Waals surface area contributed by atoms with E-state index >= 15 is 0 Å². The molecule has 2 N–H and O–H groups in total. The average Bonchev–Trinajstić information content (AvgIpc) is 2.80. The third-order valence-electron chi connectivity index (χ3n) is 6.55. The average molecular weight is 441 g/mol. The van der Waals surface area contributed by atoms with Crippen LogP contribution in [0.25, 0.3) is 0 Å². The lowest BCUT2D eigenvalue weighted by Crippen LogP contribution is -2.64. The first-order valence-electron chi connectivity index (χ1n) is 11.1. The molecular formula is C24H32N4O2S. The highest BCUT2D eigenvalue weighted by molar-refractivity contribution is 7.89. The quantitative estimate of drug-likeness (QED) is 0.750. The molecule has 1 spiro atoms. The van der Waals surface area contributed by atoms with Crippen LogP contribution in [0, 0.1) is 6.92 Å². The third-order valence-corrected chi connectivity index (χ3v) is 8.46. The lowest BCUT2D eigenvalue weighted by atomic mass is 9.85. The maximum atomic E-state index is 13.1. The zero-order chi connectivity index (χ0) is 21.9. The molecule has 1 saturated heterocycles. The topological polar surface area (TPSA) is 73.8 Å². The van der Waals surface area contributed by atoms with E-state index in [0.717, 1.165) is 37.5 Å². The van der Waals surface area contributed by atoms with Crippen LogP contribution in [-0.4, -0.2) is 50.3 Å². The van der Waals surface area contributed by atoms with E-state index in [1.807, 2.05) is 18.2 Å². The van der Waals surface area contributed by atoms with Gasteiger partial charge in [0.15, 0.2) is 0 Å². The summed E-state index contributed by atoms with van der Waals surface area (Å²) >= 11 is 0. The number of aliphatic imine (C=N–C) groups is 1. The molecule has 1 fully saturated rings. The van der Waals surface area contributed by atoms with Crippen molar-refractivity contribution < 1.29 is 8.42 Å². The zero-order valence-corrected chi connectivity index (χ0v) is 19.2. The minimum Gasteiger partial charge on any atom is -0.368 e. The molecule has 7 heteroatoms. The van der Waals surface area contributed by atoms with Crippen molar-refractivity contribution >= 4 is 15.9 Å². The summed E-state index contributed by atoms with van der Waals surface area (Å²) in [6.45, 7) is 7.43. The molecule has 2 aliphatic heterocycles. The Labute approximate surface area is 185 Å². The summed E-state index contributed by atoms with van der Waals surface area (Å²) in [5.41, 5.74) is 3.37. The van der Waals surface area contributed by atoms with Crippen LogP contribution in [0.3, 0.4) is 0 Å². The molecule has 166 valence electrons. The SMILES string of the molecule is CCc1ccc(S(=O)(=O)N2CCC3(CC2)NCCN=C3NCc2ccccc2C)cc1. The second kappa shape index (κ2) is 9.10. The smallest absolute Gasteiger partial charge is 0.243 e. The van der Waals surface area contributed by atoms with E-state index < -0.39 is 10.0 Å². The minimum absolute atomic E-state index is 0.279. The van der Waals surface area contributed by atoms with Gasteiger partial charge >= 0.3 is 0 Å². The van der Waals surface area contributed by atoms with Gasteiger partial charge in [0.05, 0.1) is 17.0 Å². The van der Waals surface area contributed by atoms with Crippen molar-refractivity contribution in [2.75, 3.05) is 26.2 Å². The van der Waals surface area contributed by atoms with Crippen LogP contribution in [0.5, 0.6) is 0 Å². The van der Waals surface area contributed by atoms with E-state index in [9.17, 15) is 8.42 Å². The first-order valence-corrected chi connectivity index (χ1v) is 12.6. The highest BCUT2D eigenvalue weighted by atomic mass is 32.2. The fourth-order valence-electron chi connectivity index (χ4n) is 4.48. The van der Waals surface area contributed by atoms with Gasteiger partial charge in [-0.15, -0.1) is 0 Å². The maximum absolute atomic E-state index is 13.1. The molecule has 0 aliphatic carbocycles. The highest BCUT2D eigenvalue weighted by Gasteiger charge is 2.43. The second-order valence-electron chi connectivity index (χ2n) is 8.42. The van der Waals surface area contributed by atoms with Crippen molar-refractivity contribution in [1.82, 2.24) is 14.9 Å². The van der Waals surface area contributed by atoms with Gasteiger partial charge in [-0.05, 0) is 55.0 Å². The van der Waals surface area contributed by atoms with Crippen molar-refractivity contribution in [3.8, 4) is 0 Å². The molecule has 2 aromatic carbocycles. The predicted octanol–water partition coefficient (Wildman–Crippen LogP) is 2.87. The second-order valence-corrected chi connectivity index (χ2v) is 10.4. The summed E-state index contributed by atoms with van der Waals surface area (Å²) in [5, 5.41) is 7.20. The fraction of sp³-hybridized carbons (Fsp3) is 0.458. The Morgan fingerprint density at radius 1 is 1.10 bits per heavy atom. The number of benzene rings is 2. The molecule has 0 amide bonds. The summed E-state index contributed by atoms with van der Waals surface area (Å²) < 4.78 is 27.9. The van der Waals surface area contributed by atoms with Gasteiger partial charge < -0.3 is 10.6 Å². The Morgan fingerprint density at radius 2 is 1.81 bits per heavy atom. The molecule has 6 nitrogen and oxygen atoms in total. The maximum Gasteiger partial charge on any atom is 0.243 e. The molecule has 4 rings (SSSR count). The summed E-state index contributed by atoms with van der Waals surface area (Å²) in [6.07, 6.45) is 2.31. The Bertz CT molecular complexity index is 1040. The first kappa shape index (κ1) is 22.0. The number of piperidine rings is 1. The third kappa shape index (κ3) is 4.54. The number of rotatable bonds is 5. The molecule has 2 aliphatic rings. The Morgan fingerprint density at radius 3 is 2.48 bits per heavy atom. The van der Waals surface area contributed by atoms with Crippen molar-refractivity contribution in [2.24, 2.45) is 4.99 Å². The summed E-state index contributed by atoms with van der Waals surface area (Å²) in [5.74, 6) is 0.964. The number of hydrogen-bond acceptors (Lipinski definition) is 5. The predicted molar refractivity (Wildman–Crippen MR) is 125 cm³/mol. The van der Waals surface area contributed by atoms with Crippen LogP contribution in [0.4, 0.5) is 0 Å². The van der Waals surface area contributed by atoms with Gasteiger partial charge in [-0.1, -0.05) is 43.3 Å². The highest BCUT2D eigenvalue weighted by Crippen LogP contribution is 2.29. The van der Waals surface area contributed by atoms with E-state index in [4.69, 9.17) is 4.99 Å². The standard InChI is InChI=1S/C24H32N4O2S/c1-3-20-8-10-22(11-9-20)31(29,30)28-16-12-24(13-17-28)23(25-14-15-27-24)26-18-21-7-5-4-6-19(21)2/h4-11,27H,3,12-18H2,1-2H3,(H,25,26). The largest absolute Gasteiger partial charge is 0.368 e. The molecule has 0 unspecified atom stereocenters. The van der Waals surface area contributed by atoms with Crippen LogP contribution in [0.2, 0.25) is 0 Å². The van der Waals surface area contributed by atoms with Crippen molar-refractivity contribution in [1.29, 1.82) is 0 Å². The van der Waals surface area contributed by atoms with Crippen LogP contribution < -0.4 is 10.6 Å². The first-order chi connectivity index (χ1) is 14.9. The summed E-state index contributed by atoms with van der Waals surface area (Å²) in [6, 6.07) is 15.6. The van der Waals surface area contributed by atoms with Crippen LogP contribution in [-0.2, 0) is 23.0 Å². The monoisotopic (exact) mass is 440 g/mol. The number of sulfonamides is 1. The van der Waals surface area contributed by atoms with Crippen molar-refractivity contribution in [2.45, 2.75) is 50.1 Å².